The monoisotopic (exact) mass is 414 g/mol. The Morgan fingerprint density at radius 3 is 2.29 bits per heavy atom. The molecule has 0 aliphatic heterocycles. The number of rotatable bonds is 4. The van der Waals surface area contributed by atoms with Crippen LogP contribution in [0.3, 0.4) is 0 Å². The van der Waals surface area contributed by atoms with Crippen LogP contribution in [0, 0.1) is 11.3 Å². The van der Waals surface area contributed by atoms with E-state index in [9.17, 15) is 24.5 Å². The van der Waals surface area contributed by atoms with Crippen molar-refractivity contribution < 1.29 is 24.5 Å². The van der Waals surface area contributed by atoms with E-state index in [-0.39, 0.29) is 17.1 Å². The average molecular weight is 414 g/mol. The van der Waals surface area contributed by atoms with Crippen molar-refractivity contribution in [2.45, 2.75) is 4.90 Å². The van der Waals surface area contributed by atoms with E-state index in [0.717, 1.165) is 12.1 Å². The molecule has 0 fully saturated rings. The molecular formula is C17H11F5N4OS. The van der Waals surface area contributed by atoms with E-state index in [1.165, 1.54) is 18.5 Å². The molecule has 3 aromatic rings. The minimum absolute atomic E-state index is 0.0764. The van der Waals surface area contributed by atoms with Crippen LogP contribution in [0.25, 0.3) is 11.1 Å². The first-order valence-electron chi connectivity index (χ1n) is 7.53. The number of anilines is 2. The molecule has 0 saturated carbocycles. The fraction of sp³-hybridized carbons (Fsp3) is 0. The summed E-state index contributed by atoms with van der Waals surface area (Å²) >= 11 is 0. The Balaban J connectivity index is 1.96. The fourth-order valence-electron chi connectivity index (χ4n) is 2.36. The molecule has 28 heavy (non-hydrogen) atoms. The molecule has 0 amide bonds. The van der Waals surface area contributed by atoms with Gasteiger partial charge in [0.2, 0.25) is 5.88 Å². The summed E-state index contributed by atoms with van der Waals surface area (Å²) in [6, 6.07) is 8.64. The highest BCUT2D eigenvalue weighted by molar-refractivity contribution is 8.45. The molecule has 2 N–H and O–H groups in total. The second kappa shape index (κ2) is 5.80. The Kier molecular flexibility index (Phi) is 4.01. The number of aromatic nitrogens is 2. The third-order valence-corrected chi connectivity index (χ3v) is 4.83. The van der Waals surface area contributed by atoms with Crippen molar-refractivity contribution in [3.8, 4) is 23.1 Å². The molecule has 5 nitrogen and oxygen atoms in total. The average Bonchev–Trinajstić information content (AvgIpc) is 2.61. The number of benzene rings is 1. The molecule has 0 unspecified atom stereocenters. The SMILES string of the molecule is N#Cc1cc(-c2cccnc2Nc2ccc(S(F)(F)(F)(F)F)cc2)cnc1O. The van der Waals surface area contributed by atoms with Gasteiger partial charge in [-0.25, -0.2) is 9.97 Å². The first-order chi connectivity index (χ1) is 12.9. The van der Waals surface area contributed by atoms with E-state index >= 15 is 0 Å². The molecule has 0 aliphatic rings. The molecular weight excluding hydrogens is 403 g/mol. The lowest BCUT2D eigenvalue weighted by atomic mass is 10.1. The van der Waals surface area contributed by atoms with Gasteiger partial charge >= 0.3 is 10.2 Å². The van der Waals surface area contributed by atoms with E-state index in [1.54, 1.807) is 18.2 Å². The highest BCUT2D eigenvalue weighted by atomic mass is 32.5. The molecule has 1 aromatic carbocycles. The van der Waals surface area contributed by atoms with Gasteiger partial charge in [-0.3, -0.25) is 0 Å². The molecule has 0 atom stereocenters. The van der Waals surface area contributed by atoms with E-state index in [4.69, 9.17) is 5.26 Å². The number of aromatic hydroxyl groups is 1. The number of hydrogen-bond donors (Lipinski definition) is 2. The van der Waals surface area contributed by atoms with Crippen LogP contribution in [0.15, 0.2) is 59.8 Å². The normalized spacial score (nSPS) is 13.9. The number of nitriles is 1. The molecule has 0 radical (unpaired) electrons. The second-order valence-electron chi connectivity index (χ2n) is 5.72. The summed E-state index contributed by atoms with van der Waals surface area (Å²) in [4.78, 5) is 5.79. The van der Waals surface area contributed by atoms with Crippen LogP contribution in [-0.2, 0) is 0 Å². The zero-order chi connectivity index (χ0) is 20.6. The van der Waals surface area contributed by atoms with Crippen molar-refractivity contribution >= 4 is 21.7 Å². The minimum atomic E-state index is -9.74. The second-order valence-corrected chi connectivity index (χ2v) is 8.13. The van der Waals surface area contributed by atoms with Gasteiger partial charge in [0, 0.05) is 29.2 Å². The van der Waals surface area contributed by atoms with Crippen LogP contribution >= 0.6 is 10.2 Å². The van der Waals surface area contributed by atoms with Crippen LogP contribution < -0.4 is 5.32 Å². The van der Waals surface area contributed by atoms with Crippen molar-refractivity contribution in [3.63, 3.8) is 0 Å². The fourth-order valence-corrected chi connectivity index (χ4v) is 3.01. The van der Waals surface area contributed by atoms with Gasteiger partial charge in [0.25, 0.3) is 0 Å². The Morgan fingerprint density at radius 2 is 1.68 bits per heavy atom. The molecule has 2 aromatic heterocycles. The predicted octanol–water partition coefficient (Wildman–Crippen LogP) is 6.12. The lowest BCUT2D eigenvalue weighted by Gasteiger charge is -2.40. The Bertz CT molecular complexity index is 1100. The molecule has 146 valence electrons. The molecule has 2 heterocycles. The molecule has 3 rings (SSSR count). The molecule has 0 saturated heterocycles. The van der Waals surface area contributed by atoms with Gasteiger partial charge in [0.15, 0.2) is 0 Å². The maximum Gasteiger partial charge on any atom is 0.310 e. The molecule has 0 spiro atoms. The van der Waals surface area contributed by atoms with Crippen molar-refractivity contribution in [3.05, 3.63) is 60.4 Å². The Hall–Kier alpha value is -3.39. The third kappa shape index (κ3) is 4.12. The largest absolute Gasteiger partial charge is 0.492 e. The molecule has 0 aliphatic carbocycles. The maximum atomic E-state index is 12.8. The van der Waals surface area contributed by atoms with Gasteiger partial charge in [-0.05, 0) is 42.5 Å². The zero-order valence-electron chi connectivity index (χ0n) is 13.8. The van der Waals surface area contributed by atoms with Crippen LogP contribution in [0.2, 0.25) is 0 Å². The summed E-state index contributed by atoms with van der Waals surface area (Å²) in [5.74, 6) is -0.254. The number of nitrogens with zero attached hydrogens (tertiary/aromatic N) is 3. The smallest absolute Gasteiger partial charge is 0.310 e. The van der Waals surface area contributed by atoms with Crippen molar-refractivity contribution in [1.29, 1.82) is 5.26 Å². The summed E-state index contributed by atoms with van der Waals surface area (Å²) < 4.78 is 64.0. The van der Waals surface area contributed by atoms with Gasteiger partial charge in [0.1, 0.15) is 22.3 Å². The lowest BCUT2D eigenvalue weighted by Crippen LogP contribution is -2.06. The van der Waals surface area contributed by atoms with Crippen molar-refractivity contribution in [1.82, 2.24) is 9.97 Å². The zero-order valence-corrected chi connectivity index (χ0v) is 14.6. The van der Waals surface area contributed by atoms with Gasteiger partial charge in [-0.15, -0.1) is 0 Å². The van der Waals surface area contributed by atoms with Gasteiger partial charge in [-0.1, -0.05) is 19.4 Å². The van der Waals surface area contributed by atoms with Gasteiger partial charge < -0.3 is 10.4 Å². The topological polar surface area (TPSA) is 81.8 Å². The summed E-state index contributed by atoms with van der Waals surface area (Å²) in [7, 11) is -9.74. The van der Waals surface area contributed by atoms with Crippen LogP contribution in [0.4, 0.5) is 30.9 Å². The van der Waals surface area contributed by atoms with Crippen LogP contribution in [0.5, 0.6) is 5.88 Å². The molecule has 11 heteroatoms. The number of nitrogens with one attached hydrogen (secondary N) is 1. The minimum Gasteiger partial charge on any atom is -0.492 e. The number of halogens is 5. The van der Waals surface area contributed by atoms with Crippen LogP contribution in [-0.4, -0.2) is 15.1 Å². The van der Waals surface area contributed by atoms with E-state index < -0.39 is 21.0 Å². The van der Waals surface area contributed by atoms with Gasteiger partial charge in [0.05, 0.1) is 0 Å². The summed E-state index contributed by atoms with van der Waals surface area (Å²) in [6.45, 7) is 0. The summed E-state index contributed by atoms with van der Waals surface area (Å²) in [5, 5.41) is 21.2. The standard InChI is InChI=1S/C17H11F5N4OS/c18-28(19,20,21,22)14-5-3-13(4-6-14)26-16-15(2-1-7-24-16)12-8-11(9-23)17(27)25-10-12/h1-8,10H,(H,24,26)(H,25,27). The Morgan fingerprint density at radius 1 is 1.00 bits per heavy atom. The lowest BCUT2D eigenvalue weighted by molar-refractivity contribution is 0.364. The molecule has 0 bridgehead atoms. The van der Waals surface area contributed by atoms with E-state index in [1.807, 2.05) is 0 Å². The Labute approximate surface area is 155 Å². The third-order valence-electron chi connectivity index (χ3n) is 3.67. The first-order valence-corrected chi connectivity index (χ1v) is 9.48. The summed E-state index contributed by atoms with van der Waals surface area (Å²) in [5.41, 5.74) is 0.863. The number of hydrogen-bond acceptors (Lipinski definition) is 5. The van der Waals surface area contributed by atoms with E-state index in [0.29, 0.717) is 23.3 Å². The highest BCUT2D eigenvalue weighted by Gasteiger charge is 2.65. The van der Waals surface area contributed by atoms with Crippen molar-refractivity contribution in [2.75, 3.05) is 5.32 Å². The first kappa shape index (κ1) is 19.4. The van der Waals surface area contributed by atoms with Gasteiger partial charge in [-0.2, -0.15) is 5.26 Å². The highest BCUT2D eigenvalue weighted by Crippen LogP contribution is 3.02. The van der Waals surface area contributed by atoms with Crippen LogP contribution in [0.1, 0.15) is 5.56 Å². The quantitative estimate of drug-likeness (QED) is 0.503. The number of pyridine rings is 2. The summed E-state index contributed by atoms with van der Waals surface area (Å²) in [6.07, 6.45) is 2.70. The predicted molar refractivity (Wildman–Crippen MR) is 95.0 cm³/mol. The van der Waals surface area contributed by atoms with Crippen molar-refractivity contribution in [2.24, 2.45) is 0 Å². The van der Waals surface area contributed by atoms with E-state index in [2.05, 4.69) is 15.3 Å². The maximum absolute atomic E-state index is 12.8.